The van der Waals surface area contributed by atoms with Crippen LogP contribution in [0.4, 0.5) is 5.82 Å². The number of carbonyl (C=O) groups is 1. The summed E-state index contributed by atoms with van der Waals surface area (Å²) in [6.45, 7) is 3.19. The Hall–Kier alpha value is -1.89. The minimum absolute atomic E-state index is 0.0673. The van der Waals surface area contributed by atoms with Gasteiger partial charge in [0.2, 0.25) is 0 Å². The molecule has 1 aromatic heterocycles. The number of sulfone groups is 1. The number of rotatable bonds is 7. The van der Waals surface area contributed by atoms with E-state index in [0.717, 1.165) is 13.0 Å². The summed E-state index contributed by atoms with van der Waals surface area (Å²) in [4.78, 5) is 18.9. The van der Waals surface area contributed by atoms with E-state index >= 15 is 0 Å². The summed E-state index contributed by atoms with van der Waals surface area (Å²) in [6.07, 6.45) is 10.4. The molecule has 3 rings (SSSR count). The van der Waals surface area contributed by atoms with Crippen molar-refractivity contribution < 1.29 is 13.2 Å². The van der Waals surface area contributed by atoms with E-state index in [4.69, 9.17) is 0 Å². The van der Waals surface area contributed by atoms with Gasteiger partial charge in [-0.1, -0.05) is 11.6 Å². The fourth-order valence-corrected chi connectivity index (χ4v) is 5.63. The number of amides is 1. The summed E-state index contributed by atoms with van der Waals surface area (Å²) < 4.78 is 23.5. The van der Waals surface area contributed by atoms with Crippen molar-refractivity contribution in [1.82, 2.24) is 9.88 Å². The molecule has 1 aliphatic carbocycles. The molecule has 0 spiro atoms. The maximum absolute atomic E-state index is 12.9. The summed E-state index contributed by atoms with van der Waals surface area (Å²) in [5.74, 6) is 0.797. The van der Waals surface area contributed by atoms with E-state index in [-0.39, 0.29) is 23.5 Å². The van der Waals surface area contributed by atoms with Gasteiger partial charge in [-0.25, -0.2) is 13.4 Å². The third-order valence-corrected chi connectivity index (χ3v) is 7.15. The van der Waals surface area contributed by atoms with Gasteiger partial charge in [0.05, 0.1) is 11.5 Å². The normalized spacial score (nSPS) is 21.5. The molecular weight excluding hydrogens is 362 g/mol. The Morgan fingerprint density at radius 3 is 2.89 bits per heavy atom. The average Bonchev–Trinajstić information content (AvgIpc) is 3.03. The van der Waals surface area contributed by atoms with Gasteiger partial charge in [0.25, 0.3) is 5.91 Å². The summed E-state index contributed by atoms with van der Waals surface area (Å²) in [7, 11) is -3.02. The van der Waals surface area contributed by atoms with Gasteiger partial charge in [-0.15, -0.1) is 0 Å². The Balaban J connectivity index is 1.61. The topological polar surface area (TPSA) is 79.4 Å². The van der Waals surface area contributed by atoms with Gasteiger partial charge < -0.3 is 10.2 Å². The fraction of sp³-hybridized carbons (Fsp3) is 0.600. The number of allylic oxidation sites excluding steroid dienone is 1. The van der Waals surface area contributed by atoms with E-state index in [1.807, 2.05) is 6.92 Å². The van der Waals surface area contributed by atoms with E-state index in [1.165, 1.54) is 31.3 Å². The first kappa shape index (κ1) is 19.9. The number of hydrogen-bond donors (Lipinski definition) is 1. The van der Waals surface area contributed by atoms with E-state index in [2.05, 4.69) is 16.4 Å². The number of anilines is 1. The van der Waals surface area contributed by atoms with Crippen molar-refractivity contribution in [1.29, 1.82) is 0 Å². The Kier molecular flexibility index (Phi) is 6.52. The van der Waals surface area contributed by atoms with Crippen LogP contribution in [0, 0.1) is 0 Å². The monoisotopic (exact) mass is 391 g/mol. The van der Waals surface area contributed by atoms with Crippen LogP contribution in [0.2, 0.25) is 0 Å². The zero-order valence-electron chi connectivity index (χ0n) is 16.0. The number of nitrogens with zero attached hydrogens (tertiary/aromatic N) is 2. The zero-order chi connectivity index (χ0) is 19.3. The van der Waals surface area contributed by atoms with Crippen LogP contribution in [0.15, 0.2) is 30.0 Å². The van der Waals surface area contributed by atoms with Gasteiger partial charge in [0.15, 0.2) is 9.84 Å². The first-order valence-corrected chi connectivity index (χ1v) is 11.7. The molecule has 1 saturated heterocycles. The Bertz CT molecular complexity index is 804. The maximum Gasteiger partial charge on any atom is 0.254 e. The van der Waals surface area contributed by atoms with Crippen molar-refractivity contribution in [3.8, 4) is 0 Å². The van der Waals surface area contributed by atoms with Gasteiger partial charge in [0.1, 0.15) is 5.82 Å². The number of nitrogens with one attached hydrogen (secondary N) is 1. The van der Waals surface area contributed by atoms with Crippen LogP contribution in [-0.2, 0) is 9.84 Å². The molecule has 0 saturated carbocycles. The molecule has 0 radical (unpaired) electrons. The first-order chi connectivity index (χ1) is 13.0. The van der Waals surface area contributed by atoms with Crippen LogP contribution in [0.1, 0.15) is 55.8 Å². The lowest BCUT2D eigenvalue weighted by Gasteiger charge is -2.27. The highest BCUT2D eigenvalue weighted by atomic mass is 32.2. The minimum atomic E-state index is -3.02. The predicted octanol–water partition coefficient (Wildman–Crippen LogP) is 3.03. The molecular formula is C20H29N3O3S. The lowest BCUT2D eigenvalue weighted by atomic mass is 9.97. The van der Waals surface area contributed by atoms with Crippen LogP contribution < -0.4 is 5.32 Å². The quantitative estimate of drug-likeness (QED) is 0.723. The summed E-state index contributed by atoms with van der Waals surface area (Å²) in [5, 5.41) is 3.31. The third kappa shape index (κ3) is 5.31. The molecule has 1 aromatic rings. The van der Waals surface area contributed by atoms with E-state index in [9.17, 15) is 13.2 Å². The number of aromatic nitrogens is 1. The van der Waals surface area contributed by atoms with E-state index in [1.54, 1.807) is 23.2 Å². The van der Waals surface area contributed by atoms with Crippen LogP contribution in [0.25, 0.3) is 0 Å². The molecule has 27 heavy (non-hydrogen) atoms. The molecule has 6 nitrogen and oxygen atoms in total. The van der Waals surface area contributed by atoms with Crippen LogP contribution >= 0.6 is 0 Å². The highest BCUT2D eigenvalue weighted by Gasteiger charge is 2.34. The van der Waals surface area contributed by atoms with Gasteiger partial charge >= 0.3 is 0 Å². The molecule has 1 unspecified atom stereocenters. The number of carbonyl (C=O) groups excluding carboxylic acids is 1. The molecule has 1 aliphatic heterocycles. The molecule has 2 aliphatic rings. The largest absolute Gasteiger partial charge is 0.370 e. The summed E-state index contributed by atoms with van der Waals surface area (Å²) in [6, 6.07) is 3.24. The second-order valence-electron chi connectivity index (χ2n) is 7.36. The molecule has 0 bridgehead atoms. The van der Waals surface area contributed by atoms with Crippen LogP contribution in [-0.4, -0.2) is 54.8 Å². The second-order valence-corrected chi connectivity index (χ2v) is 9.59. The lowest BCUT2D eigenvalue weighted by molar-refractivity contribution is 0.0708. The summed E-state index contributed by atoms with van der Waals surface area (Å²) in [5.41, 5.74) is 2.05. The van der Waals surface area contributed by atoms with Crippen molar-refractivity contribution in [2.75, 3.05) is 29.9 Å². The third-order valence-electron chi connectivity index (χ3n) is 5.39. The number of pyridine rings is 1. The van der Waals surface area contributed by atoms with Crippen molar-refractivity contribution >= 4 is 21.6 Å². The molecule has 1 N–H and O–H groups in total. The molecule has 1 atom stereocenters. The zero-order valence-corrected chi connectivity index (χ0v) is 16.8. The second kappa shape index (κ2) is 8.87. The lowest BCUT2D eigenvalue weighted by Crippen LogP contribution is -2.41. The summed E-state index contributed by atoms with van der Waals surface area (Å²) >= 11 is 0. The van der Waals surface area contributed by atoms with Gasteiger partial charge in [-0.2, -0.15) is 0 Å². The van der Waals surface area contributed by atoms with Crippen molar-refractivity contribution in [3.05, 3.63) is 35.5 Å². The van der Waals surface area contributed by atoms with E-state index < -0.39 is 9.84 Å². The molecule has 2 heterocycles. The average molecular weight is 392 g/mol. The fourth-order valence-electron chi connectivity index (χ4n) is 3.90. The Morgan fingerprint density at radius 1 is 1.37 bits per heavy atom. The first-order valence-electron chi connectivity index (χ1n) is 9.88. The van der Waals surface area contributed by atoms with Gasteiger partial charge in [-0.05, 0) is 57.6 Å². The SMILES string of the molecule is CCN(C(=O)c1ccnc(NCCC2=CCCCC2)c1)C1CCS(=O)(=O)C1. The number of hydrogen-bond acceptors (Lipinski definition) is 5. The predicted molar refractivity (Wildman–Crippen MR) is 108 cm³/mol. The van der Waals surface area contributed by atoms with Crippen molar-refractivity contribution in [3.63, 3.8) is 0 Å². The van der Waals surface area contributed by atoms with Crippen molar-refractivity contribution in [2.24, 2.45) is 0 Å². The van der Waals surface area contributed by atoms with Crippen molar-refractivity contribution in [2.45, 2.75) is 51.5 Å². The molecule has 1 fully saturated rings. The molecule has 0 aromatic carbocycles. The van der Waals surface area contributed by atoms with Crippen LogP contribution in [0.3, 0.4) is 0 Å². The standard InChI is InChI=1S/C20H29N3O3S/c1-2-23(18-10-13-27(25,26)15-18)20(24)17-9-12-22-19(14-17)21-11-8-16-6-4-3-5-7-16/h6,9,12,14,18H,2-5,7-8,10-11,13,15H2,1H3,(H,21,22). The Labute approximate surface area is 162 Å². The molecule has 7 heteroatoms. The smallest absolute Gasteiger partial charge is 0.254 e. The maximum atomic E-state index is 12.9. The van der Waals surface area contributed by atoms with E-state index in [0.29, 0.717) is 24.3 Å². The highest BCUT2D eigenvalue weighted by Crippen LogP contribution is 2.22. The Morgan fingerprint density at radius 2 is 2.22 bits per heavy atom. The molecule has 1 amide bonds. The van der Waals surface area contributed by atoms with Crippen LogP contribution in [0.5, 0.6) is 0 Å². The van der Waals surface area contributed by atoms with Gasteiger partial charge in [0, 0.05) is 30.9 Å². The highest BCUT2D eigenvalue weighted by molar-refractivity contribution is 7.91. The molecule has 148 valence electrons. The van der Waals surface area contributed by atoms with Gasteiger partial charge in [-0.3, -0.25) is 4.79 Å². The minimum Gasteiger partial charge on any atom is -0.370 e.